The summed E-state index contributed by atoms with van der Waals surface area (Å²) in [5, 5.41) is 0. The van der Waals surface area contributed by atoms with Gasteiger partial charge in [0.15, 0.2) is 10.6 Å². The van der Waals surface area contributed by atoms with Crippen LogP contribution in [0.3, 0.4) is 0 Å². The van der Waals surface area contributed by atoms with Gasteiger partial charge in [0.1, 0.15) is 24.9 Å². The van der Waals surface area contributed by atoms with Crippen LogP contribution in [0.1, 0.15) is 28.8 Å². The molecule has 0 spiro atoms. The molecule has 0 bridgehead atoms. The van der Waals surface area contributed by atoms with Crippen LogP contribution in [0.25, 0.3) is 6.08 Å². The maximum absolute atomic E-state index is 12.7. The largest absolute Gasteiger partial charge is 0.462 e. The molecule has 0 atom stereocenters. The second kappa shape index (κ2) is 6.42. The van der Waals surface area contributed by atoms with Crippen LogP contribution >= 0.6 is 11.3 Å². The van der Waals surface area contributed by atoms with E-state index >= 15 is 0 Å². The number of nitrogens with zero attached hydrogens (tertiary/aromatic N) is 3. The van der Waals surface area contributed by atoms with Crippen molar-refractivity contribution in [3.05, 3.63) is 73.2 Å². The minimum atomic E-state index is -0.0761. The van der Waals surface area contributed by atoms with E-state index in [0.717, 1.165) is 11.4 Å². The summed E-state index contributed by atoms with van der Waals surface area (Å²) in [5.41, 5.74) is 1.52. The summed E-state index contributed by atoms with van der Waals surface area (Å²) in [4.78, 5) is 31.4. The SMILES string of the molecule is CC(=O)c1ccc(N2CN=c3s/c(=C\c4ccc(C)o4)c(=O)n3C2)cc1. The predicted molar refractivity (Wildman–Crippen MR) is 100 cm³/mol. The van der Waals surface area contributed by atoms with E-state index in [4.69, 9.17) is 4.42 Å². The number of aryl methyl sites for hydroxylation is 1. The number of aromatic nitrogens is 1. The molecule has 0 radical (unpaired) electrons. The maximum atomic E-state index is 12.7. The van der Waals surface area contributed by atoms with Gasteiger partial charge in [-0.3, -0.25) is 14.2 Å². The Labute approximate surface area is 153 Å². The number of carbonyl (C=O) groups is 1. The fourth-order valence-electron chi connectivity index (χ4n) is 2.84. The number of furan rings is 1. The van der Waals surface area contributed by atoms with Gasteiger partial charge >= 0.3 is 0 Å². The number of thiazole rings is 1. The Bertz CT molecular complexity index is 1150. The topological polar surface area (TPSA) is 67.8 Å². The molecule has 0 saturated heterocycles. The van der Waals surface area contributed by atoms with Crippen molar-refractivity contribution in [2.24, 2.45) is 4.99 Å². The molecule has 0 aliphatic carbocycles. The fraction of sp³-hybridized carbons (Fsp3) is 0.211. The Morgan fingerprint density at radius 1 is 1.23 bits per heavy atom. The molecule has 3 aromatic rings. The second-order valence-corrected chi connectivity index (χ2v) is 7.17. The number of hydrogen-bond acceptors (Lipinski definition) is 6. The summed E-state index contributed by atoms with van der Waals surface area (Å²) in [6.45, 7) is 4.31. The number of rotatable bonds is 3. The van der Waals surface area contributed by atoms with E-state index in [1.165, 1.54) is 11.3 Å². The van der Waals surface area contributed by atoms with Gasteiger partial charge in [0.25, 0.3) is 5.56 Å². The summed E-state index contributed by atoms with van der Waals surface area (Å²) in [5.74, 6) is 1.50. The van der Waals surface area contributed by atoms with Crippen LogP contribution < -0.4 is 19.8 Å². The highest BCUT2D eigenvalue weighted by atomic mass is 32.1. The van der Waals surface area contributed by atoms with Crippen molar-refractivity contribution < 1.29 is 9.21 Å². The van der Waals surface area contributed by atoms with Gasteiger partial charge in [-0.25, -0.2) is 4.99 Å². The third kappa shape index (κ3) is 3.01. The summed E-state index contributed by atoms with van der Waals surface area (Å²) >= 11 is 1.37. The molecular formula is C19H17N3O3S. The molecule has 1 aliphatic heterocycles. The standard InChI is InChI=1S/C19H17N3O3S/c1-12-3-8-16(25-12)9-17-18(24)22-11-21(10-20-19(22)26-17)15-6-4-14(5-7-15)13(2)23/h3-9H,10-11H2,1-2H3/b17-9-. The van der Waals surface area contributed by atoms with Crippen molar-refractivity contribution in [2.75, 3.05) is 11.6 Å². The molecular weight excluding hydrogens is 350 g/mol. The number of fused-ring (bicyclic) bond motifs is 1. The Morgan fingerprint density at radius 2 is 2.00 bits per heavy atom. The first-order chi connectivity index (χ1) is 12.5. The van der Waals surface area contributed by atoms with E-state index in [1.54, 1.807) is 29.7 Å². The highest BCUT2D eigenvalue weighted by molar-refractivity contribution is 7.07. The Kier molecular flexibility index (Phi) is 4.08. The lowest BCUT2D eigenvalue weighted by molar-refractivity contribution is 0.101. The summed E-state index contributed by atoms with van der Waals surface area (Å²) < 4.78 is 7.79. The summed E-state index contributed by atoms with van der Waals surface area (Å²) in [7, 11) is 0. The maximum Gasteiger partial charge on any atom is 0.271 e. The molecule has 1 aromatic carbocycles. The highest BCUT2D eigenvalue weighted by Crippen LogP contribution is 2.17. The number of carbonyl (C=O) groups excluding carboxylic acids is 1. The van der Waals surface area contributed by atoms with Gasteiger partial charge in [0.05, 0.1) is 4.53 Å². The monoisotopic (exact) mass is 367 g/mol. The molecule has 3 heterocycles. The van der Waals surface area contributed by atoms with Crippen molar-refractivity contribution in [3.63, 3.8) is 0 Å². The molecule has 0 unspecified atom stereocenters. The number of anilines is 1. The van der Waals surface area contributed by atoms with Crippen LogP contribution in [0, 0.1) is 6.92 Å². The minimum Gasteiger partial charge on any atom is -0.462 e. The molecule has 0 fully saturated rings. The van der Waals surface area contributed by atoms with E-state index in [2.05, 4.69) is 4.99 Å². The molecule has 132 valence electrons. The summed E-state index contributed by atoms with van der Waals surface area (Å²) in [6, 6.07) is 11.1. The van der Waals surface area contributed by atoms with Gasteiger partial charge in [-0.2, -0.15) is 0 Å². The number of hydrogen-bond donors (Lipinski definition) is 0. The molecule has 6 nitrogen and oxygen atoms in total. The molecule has 0 amide bonds. The van der Waals surface area contributed by atoms with Gasteiger partial charge in [0.2, 0.25) is 0 Å². The third-order valence-electron chi connectivity index (χ3n) is 4.25. The van der Waals surface area contributed by atoms with Crippen molar-refractivity contribution in [2.45, 2.75) is 20.5 Å². The highest BCUT2D eigenvalue weighted by Gasteiger charge is 2.16. The second-order valence-electron chi connectivity index (χ2n) is 6.16. The van der Waals surface area contributed by atoms with Gasteiger partial charge in [-0.15, -0.1) is 0 Å². The Balaban J connectivity index is 1.66. The molecule has 0 N–H and O–H groups in total. The zero-order chi connectivity index (χ0) is 18.3. The van der Waals surface area contributed by atoms with Crippen LogP contribution in [0.15, 0.2) is 50.6 Å². The van der Waals surface area contributed by atoms with E-state index < -0.39 is 0 Å². The average molecular weight is 367 g/mol. The lowest BCUT2D eigenvalue weighted by Crippen LogP contribution is -2.42. The number of Topliss-reactive ketones (excluding diaryl/α,β-unsaturated/α-hetero) is 1. The molecule has 0 saturated carbocycles. The Morgan fingerprint density at radius 3 is 2.65 bits per heavy atom. The van der Waals surface area contributed by atoms with Crippen LogP contribution in [-0.2, 0) is 6.67 Å². The van der Waals surface area contributed by atoms with Gasteiger partial charge in [0, 0.05) is 17.3 Å². The number of ketones is 1. The van der Waals surface area contributed by atoms with Crippen LogP contribution in [-0.4, -0.2) is 17.0 Å². The molecule has 26 heavy (non-hydrogen) atoms. The fourth-order valence-corrected chi connectivity index (χ4v) is 3.78. The minimum absolute atomic E-state index is 0.0320. The van der Waals surface area contributed by atoms with E-state index in [-0.39, 0.29) is 11.3 Å². The quantitative estimate of drug-likeness (QED) is 0.663. The number of benzene rings is 1. The third-order valence-corrected chi connectivity index (χ3v) is 5.29. The zero-order valence-electron chi connectivity index (χ0n) is 14.4. The first-order valence-corrected chi connectivity index (χ1v) is 9.01. The average Bonchev–Trinajstić information content (AvgIpc) is 3.18. The van der Waals surface area contributed by atoms with Crippen LogP contribution in [0.5, 0.6) is 0 Å². The van der Waals surface area contributed by atoms with E-state index in [0.29, 0.717) is 34.0 Å². The van der Waals surface area contributed by atoms with Crippen LogP contribution in [0.4, 0.5) is 5.69 Å². The van der Waals surface area contributed by atoms with E-state index in [1.807, 2.05) is 36.1 Å². The van der Waals surface area contributed by atoms with Gasteiger partial charge < -0.3 is 9.32 Å². The summed E-state index contributed by atoms with van der Waals surface area (Å²) in [6.07, 6.45) is 1.76. The van der Waals surface area contributed by atoms with Gasteiger partial charge in [-0.05, 0) is 50.2 Å². The normalized spacial score (nSPS) is 14.2. The zero-order valence-corrected chi connectivity index (χ0v) is 15.2. The Hall–Kier alpha value is -2.93. The van der Waals surface area contributed by atoms with Gasteiger partial charge in [-0.1, -0.05) is 11.3 Å². The first kappa shape index (κ1) is 16.5. The van der Waals surface area contributed by atoms with E-state index in [9.17, 15) is 9.59 Å². The lowest BCUT2D eigenvalue weighted by atomic mass is 10.1. The molecule has 1 aliphatic rings. The molecule has 4 rings (SSSR count). The van der Waals surface area contributed by atoms with Crippen molar-refractivity contribution in [3.8, 4) is 0 Å². The first-order valence-electron chi connectivity index (χ1n) is 8.19. The predicted octanol–water partition coefficient (Wildman–Crippen LogP) is 1.90. The molecule has 7 heteroatoms. The van der Waals surface area contributed by atoms with Crippen molar-refractivity contribution in [1.82, 2.24) is 4.57 Å². The van der Waals surface area contributed by atoms with Crippen LogP contribution in [0.2, 0.25) is 0 Å². The van der Waals surface area contributed by atoms with Crippen molar-refractivity contribution in [1.29, 1.82) is 0 Å². The smallest absolute Gasteiger partial charge is 0.271 e. The molecule has 2 aromatic heterocycles. The lowest BCUT2D eigenvalue weighted by Gasteiger charge is -2.25. The van der Waals surface area contributed by atoms with Crippen molar-refractivity contribution >= 4 is 28.9 Å².